The van der Waals surface area contributed by atoms with Crippen molar-refractivity contribution in [3.05, 3.63) is 35.9 Å². The highest BCUT2D eigenvalue weighted by molar-refractivity contribution is 6.00. The number of rotatable bonds is 6. The topological polar surface area (TPSA) is 20.3 Å². The van der Waals surface area contributed by atoms with Crippen LogP contribution in [0.2, 0.25) is 0 Å². The molecule has 0 radical (unpaired) electrons. The maximum Gasteiger partial charge on any atom is 0.179 e. The van der Waals surface area contributed by atoms with Crippen molar-refractivity contribution in [2.45, 2.75) is 33.2 Å². The first-order chi connectivity index (χ1) is 8.06. The zero-order chi connectivity index (χ0) is 12.8. The minimum Gasteiger partial charge on any atom is -0.296 e. The summed E-state index contributed by atoms with van der Waals surface area (Å²) in [7, 11) is 2.04. The molecule has 2 nitrogen and oxygen atoms in total. The molecule has 0 aliphatic heterocycles. The van der Waals surface area contributed by atoms with E-state index in [4.69, 9.17) is 0 Å². The highest BCUT2D eigenvalue weighted by atomic mass is 16.1. The van der Waals surface area contributed by atoms with Crippen LogP contribution in [-0.2, 0) is 0 Å². The second kappa shape index (κ2) is 6.55. The highest BCUT2D eigenvalue weighted by Crippen LogP contribution is 2.12. The summed E-state index contributed by atoms with van der Waals surface area (Å²) in [6, 6.07) is 9.57. The van der Waals surface area contributed by atoms with Crippen molar-refractivity contribution in [2.24, 2.45) is 5.92 Å². The molecule has 0 saturated heterocycles. The number of hydrogen-bond donors (Lipinski definition) is 0. The smallest absolute Gasteiger partial charge is 0.179 e. The van der Waals surface area contributed by atoms with Crippen LogP contribution in [0.1, 0.15) is 37.6 Å². The Kier molecular flexibility index (Phi) is 5.36. The fraction of sp³-hybridized carbons (Fsp3) is 0.533. The fourth-order valence-corrected chi connectivity index (χ4v) is 2.20. The number of likely N-dealkylation sites (N-methyl/N-ethyl adjacent to an activating group) is 1. The van der Waals surface area contributed by atoms with E-state index in [9.17, 15) is 4.79 Å². The van der Waals surface area contributed by atoms with Crippen LogP contribution in [0.4, 0.5) is 0 Å². The van der Waals surface area contributed by atoms with Gasteiger partial charge < -0.3 is 0 Å². The first-order valence-corrected chi connectivity index (χ1v) is 6.35. The van der Waals surface area contributed by atoms with Gasteiger partial charge in [0.15, 0.2) is 5.78 Å². The summed E-state index contributed by atoms with van der Waals surface area (Å²) in [5.74, 6) is 0.814. The van der Waals surface area contributed by atoms with Gasteiger partial charge in [0.25, 0.3) is 0 Å². The van der Waals surface area contributed by atoms with Gasteiger partial charge in [0.05, 0.1) is 6.04 Å². The molecular formula is C15H23NO. The van der Waals surface area contributed by atoms with Gasteiger partial charge >= 0.3 is 0 Å². The van der Waals surface area contributed by atoms with Crippen molar-refractivity contribution in [3.63, 3.8) is 0 Å². The van der Waals surface area contributed by atoms with Gasteiger partial charge in [-0.25, -0.2) is 0 Å². The molecule has 0 saturated carbocycles. The molecule has 0 spiro atoms. The number of ketones is 1. The van der Waals surface area contributed by atoms with Gasteiger partial charge in [-0.15, -0.1) is 0 Å². The van der Waals surface area contributed by atoms with Gasteiger partial charge in [0.1, 0.15) is 0 Å². The zero-order valence-corrected chi connectivity index (χ0v) is 11.3. The molecule has 0 fully saturated rings. The third-order valence-corrected chi connectivity index (χ3v) is 2.93. The molecule has 0 N–H and O–H groups in total. The lowest BCUT2D eigenvalue weighted by Gasteiger charge is -2.27. The van der Waals surface area contributed by atoms with Crippen LogP contribution in [-0.4, -0.2) is 30.3 Å². The van der Waals surface area contributed by atoms with E-state index in [1.54, 1.807) is 0 Å². The molecule has 1 unspecified atom stereocenters. The van der Waals surface area contributed by atoms with E-state index in [-0.39, 0.29) is 11.8 Å². The van der Waals surface area contributed by atoms with Crippen molar-refractivity contribution in [2.75, 3.05) is 13.6 Å². The van der Waals surface area contributed by atoms with Crippen LogP contribution in [0, 0.1) is 5.92 Å². The Balaban J connectivity index is 2.77. The maximum absolute atomic E-state index is 12.4. The number of nitrogens with zero attached hydrogens (tertiary/aromatic N) is 1. The molecule has 0 bridgehead atoms. The van der Waals surface area contributed by atoms with Crippen molar-refractivity contribution >= 4 is 5.78 Å². The van der Waals surface area contributed by atoms with Crippen LogP contribution in [0.5, 0.6) is 0 Å². The predicted molar refractivity (Wildman–Crippen MR) is 72.3 cm³/mol. The van der Waals surface area contributed by atoms with Crippen molar-refractivity contribution in [3.8, 4) is 0 Å². The predicted octanol–water partition coefficient (Wildman–Crippen LogP) is 3.24. The minimum atomic E-state index is -0.000185. The monoisotopic (exact) mass is 233 g/mol. The number of carbonyl (C=O) groups excluding carboxylic acids is 1. The average molecular weight is 233 g/mol. The molecule has 2 heteroatoms. The summed E-state index contributed by atoms with van der Waals surface area (Å²) >= 11 is 0. The van der Waals surface area contributed by atoms with Crippen molar-refractivity contribution < 1.29 is 4.79 Å². The van der Waals surface area contributed by atoms with Crippen molar-refractivity contribution in [1.82, 2.24) is 4.90 Å². The Bertz CT molecular complexity index is 345. The number of hydrogen-bond acceptors (Lipinski definition) is 2. The van der Waals surface area contributed by atoms with Gasteiger partial charge in [0, 0.05) is 12.1 Å². The molecular weight excluding hydrogens is 210 g/mol. The number of Topliss-reactive ketones (excluding diaryl/α,β-unsaturated/α-hetero) is 1. The Hall–Kier alpha value is -1.15. The SMILES string of the molecule is CCC(C(=O)c1ccccc1)N(C)CC(C)C. The van der Waals surface area contributed by atoms with E-state index < -0.39 is 0 Å². The van der Waals surface area contributed by atoms with Crippen LogP contribution in [0.3, 0.4) is 0 Å². The maximum atomic E-state index is 12.4. The zero-order valence-electron chi connectivity index (χ0n) is 11.3. The molecule has 0 aromatic heterocycles. The third-order valence-electron chi connectivity index (χ3n) is 2.93. The molecule has 1 atom stereocenters. The summed E-state index contributed by atoms with van der Waals surface area (Å²) in [5, 5.41) is 0. The van der Waals surface area contributed by atoms with Crippen molar-refractivity contribution in [1.29, 1.82) is 0 Å². The lowest BCUT2D eigenvalue weighted by Crippen LogP contribution is -2.40. The molecule has 1 aromatic carbocycles. The van der Waals surface area contributed by atoms with Gasteiger partial charge in [-0.1, -0.05) is 51.1 Å². The second-order valence-corrected chi connectivity index (χ2v) is 4.99. The fourth-order valence-electron chi connectivity index (χ4n) is 2.20. The Morgan fingerprint density at radius 2 is 1.82 bits per heavy atom. The normalized spacial score (nSPS) is 13.1. The Labute approximate surface area is 105 Å². The van der Waals surface area contributed by atoms with E-state index in [0.717, 1.165) is 18.5 Å². The Morgan fingerprint density at radius 1 is 1.24 bits per heavy atom. The van der Waals surface area contributed by atoms with E-state index in [0.29, 0.717) is 5.92 Å². The second-order valence-electron chi connectivity index (χ2n) is 4.99. The molecule has 0 aliphatic carbocycles. The van der Waals surface area contributed by atoms with Crippen LogP contribution in [0.25, 0.3) is 0 Å². The molecule has 1 aromatic rings. The summed E-state index contributed by atoms with van der Waals surface area (Å²) in [6.07, 6.45) is 0.858. The summed E-state index contributed by atoms with van der Waals surface area (Å²) in [5.41, 5.74) is 0.815. The largest absolute Gasteiger partial charge is 0.296 e. The first-order valence-electron chi connectivity index (χ1n) is 6.35. The molecule has 0 aliphatic rings. The summed E-state index contributed by atoms with van der Waals surface area (Å²) in [4.78, 5) is 14.5. The van der Waals surface area contributed by atoms with E-state index in [2.05, 4.69) is 25.7 Å². The molecule has 0 heterocycles. The van der Waals surface area contributed by atoms with E-state index >= 15 is 0 Å². The van der Waals surface area contributed by atoms with E-state index in [1.165, 1.54) is 0 Å². The third kappa shape index (κ3) is 3.97. The number of benzene rings is 1. The minimum absolute atomic E-state index is 0.000185. The molecule has 94 valence electrons. The quantitative estimate of drug-likeness (QED) is 0.703. The lowest BCUT2D eigenvalue weighted by atomic mass is 10.0. The molecule has 1 rings (SSSR count). The average Bonchev–Trinajstić information content (AvgIpc) is 2.30. The Morgan fingerprint density at radius 3 is 2.29 bits per heavy atom. The number of carbonyl (C=O) groups is 1. The summed E-state index contributed by atoms with van der Waals surface area (Å²) < 4.78 is 0. The molecule has 0 amide bonds. The van der Waals surface area contributed by atoms with E-state index in [1.807, 2.05) is 37.4 Å². The molecule has 17 heavy (non-hydrogen) atoms. The van der Waals surface area contributed by atoms with Crippen LogP contribution >= 0.6 is 0 Å². The lowest BCUT2D eigenvalue weighted by molar-refractivity contribution is 0.0833. The van der Waals surface area contributed by atoms with Crippen LogP contribution < -0.4 is 0 Å². The van der Waals surface area contributed by atoms with Crippen LogP contribution in [0.15, 0.2) is 30.3 Å². The summed E-state index contributed by atoms with van der Waals surface area (Å²) in [6.45, 7) is 7.38. The van der Waals surface area contributed by atoms with Gasteiger partial charge in [-0.05, 0) is 19.4 Å². The van der Waals surface area contributed by atoms with Gasteiger partial charge in [-0.3, -0.25) is 9.69 Å². The van der Waals surface area contributed by atoms with Gasteiger partial charge in [-0.2, -0.15) is 0 Å². The van der Waals surface area contributed by atoms with Gasteiger partial charge in [0.2, 0.25) is 0 Å². The standard InChI is InChI=1S/C15H23NO/c1-5-14(16(4)11-12(2)3)15(17)13-9-7-6-8-10-13/h6-10,12,14H,5,11H2,1-4H3. The first kappa shape index (κ1) is 13.9. The highest BCUT2D eigenvalue weighted by Gasteiger charge is 2.22.